The van der Waals surface area contributed by atoms with Crippen molar-refractivity contribution in [2.75, 3.05) is 27.4 Å². The maximum Gasteiger partial charge on any atom is 0.337 e. The van der Waals surface area contributed by atoms with Gasteiger partial charge in [-0.15, -0.1) is 0 Å². The number of esters is 1. The minimum absolute atomic E-state index is 0.307. The molecule has 1 atom stereocenters. The molecule has 8 heteroatoms. The van der Waals surface area contributed by atoms with E-state index in [0.29, 0.717) is 46.0 Å². The first kappa shape index (κ1) is 20.1. The summed E-state index contributed by atoms with van der Waals surface area (Å²) in [7, 11) is 2.91. The maximum absolute atomic E-state index is 12.4. The van der Waals surface area contributed by atoms with Crippen molar-refractivity contribution < 1.29 is 23.8 Å². The molecule has 2 amide bonds. The van der Waals surface area contributed by atoms with Crippen molar-refractivity contribution in [3.8, 4) is 11.5 Å². The summed E-state index contributed by atoms with van der Waals surface area (Å²) in [5.41, 5.74) is 1.57. The number of benzene rings is 1. The molecule has 1 aliphatic rings. The number of allylic oxidation sites excluding steroid dienone is 1. The van der Waals surface area contributed by atoms with Crippen LogP contribution in [0, 0.1) is 0 Å². The second kappa shape index (κ2) is 8.44. The topological polar surface area (TPSA) is 77.1 Å². The van der Waals surface area contributed by atoms with E-state index in [2.05, 4.69) is 21.2 Å². The molecule has 2 rings (SSSR count). The van der Waals surface area contributed by atoms with Crippen LogP contribution in [0.15, 0.2) is 27.9 Å². The number of hydrogen-bond acceptors (Lipinski definition) is 5. The van der Waals surface area contributed by atoms with E-state index in [0.717, 1.165) is 0 Å². The van der Waals surface area contributed by atoms with Gasteiger partial charge in [-0.2, -0.15) is 0 Å². The average Bonchev–Trinajstić information content (AvgIpc) is 2.61. The highest BCUT2D eigenvalue weighted by atomic mass is 79.9. The zero-order valence-electron chi connectivity index (χ0n) is 15.5. The molecule has 1 aliphatic heterocycles. The normalized spacial score (nSPS) is 17.1. The third-order valence-corrected chi connectivity index (χ3v) is 4.82. The van der Waals surface area contributed by atoms with Gasteiger partial charge in [0.05, 0.1) is 31.9 Å². The van der Waals surface area contributed by atoms with Gasteiger partial charge < -0.3 is 24.4 Å². The van der Waals surface area contributed by atoms with Crippen LogP contribution in [0.1, 0.15) is 32.4 Å². The Balaban J connectivity index is 2.62. The second-order valence-electron chi connectivity index (χ2n) is 5.62. The van der Waals surface area contributed by atoms with Crippen molar-refractivity contribution in [3.63, 3.8) is 0 Å². The quantitative estimate of drug-likeness (QED) is 0.705. The van der Waals surface area contributed by atoms with Gasteiger partial charge in [-0.3, -0.25) is 0 Å². The Morgan fingerprint density at radius 3 is 2.35 bits per heavy atom. The summed E-state index contributed by atoms with van der Waals surface area (Å²) in [6, 6.07) is 2.57. The number of hydrogen-bond donors (Lipinski definition) is 1. The predicted octanol–water partition coefficient (Wildman–Crippen LogP) is 3.39. The monoisotopic (exact) mass is 426 g/mol. The van der Waals surface area contributed by atoms with Crippen LogP contribution in [0.3, 0.4) is 0 Å². The predicted molar refractivity (Wildman–Crippen MR) is 100 cm³/mol. The summed E-state index contributed by atoms with van der Waals surface area (Å²) in [5, 5.41) is 2.84. The van der Waals surface area contributed by atoms with Gasteiger partial charge in [-0.1, -0.05) is 15.9 Å². The molecule has 0 radical (unpaired) electrons. The standard InChI is InChI=1S/C18H23BrN2O5/c1-6-25-13-8-11(12(19)9-14(13)26-7-2)16-15(17(22)24-5)10(3)21(4)18(23)20-16/h8-9,16H,6-7H2,1-5H3,(H,20,23)/t16-/m0/s1. The van der Waals surface area contributed by atoms with Crippen LogP contribution in [-0.2, 0) is 9.53 Å². The van der Waals surface area contributed by atoms with Crippen LogP contribution in [0.25, 0.3) is 0 Å². The van der Waals surface area contributed by atoms with Crippen LogP contribution >= 0.6 is 15.9 Å². The molecule has 0 aromatic heterocycles. The number of carbonyl (C=O) groups excluding carboxylic acids is 2. The molecule has 7 nitrogen and oxygen atoms in total. The molecular formula is C18H23BrN2O5. The first-order valence-corrected chi connectivity index (χ1v) is 9.07. The number of methoxy groups -OCH3 is 1. The highest BCUT2D eigenvalue weighted by Crippen LogP contribution is 2.40. The van der Waals surface area contributed by atoms with Crippen molar-refractivity contribution in [1.29, 1.82) is 0 Å². The van der Waals surface area contributed by atoms with E-state index < -0.39 is 12.0 Å². The van der Waals surface area contributed by atoms with Gasteiger partial charge in [0.2, 0.25) is 0 Å². The lowest BCUT2D eigenvalue weighted by Gasteiger charge is -2.33. The van der Waals surface area contributed by atoms with Crippen molar-refractivity contribution in [1.82, 2.24) is 10.2 Å². The molecular weight excluding hydrogens is 404 g/mol. The number of rotatable bonds is 6. The molecule has 0 bridgehead atoms. The van der Waals surface area contributed by atoms with Gasteiger partial charge in [-0.25, -0.2) is 9.59 Å². The zero-order valence-corrected chi connectivity index (χ0v) is 17.1. The Kier molecular flexibility index (Phi) is 6.52. The maximum atomic E-state index is 12.4. The summed E-state index contributed by atoms with van der Waals surface area (Å²) in [6.45, 7) is 6.42. The Morgan fingerprint density at radius 1 is 1.23 bits per heavy atom. The van der Waals surface area contributed by atoms with Crippen molar-refractivity contribution >= 4 is 27.9 Å². The van der Waals surface area contributed by atoms with Gasteiger partial charge >= 0.3 is 12.0 Å². The fraction of sp³-hybridized carbons (Fsp3) is 0.444. The fourth-order valence-electron chi connectivity index (χ4n) is 2.75. The summed E-state index contributed by atoms with van der Waals surface area (Å²) in [4.78, 5) is 26.1. The Bertz CT molecular complexity index is 747. The molecule has 1 N–H and O–H groups in total. The van der Waals surface area contributed by atoms with E-state index in [-0.39, 0.29) is 6.03 Å². The number of carbonyl (C=O) groups is 2. The van der Waals surface area contributed by atoms with Crippen molar-refractivity contribution in [3.05, 3.63) is 33.4 Å². The molecule has 142 valence electrons. The lowest BCUT2D eigenvalue weighted by molar-refractivity contribution is -0.136. The molecule has 0 unspecified atom stereocenters. The highest BCUT2D eigenvalue weighted by Gasteiger charge is 2.36. The number of urea groups is 1. The first-order valence-electron chi connectivity index (χ1n) is 8.27. The number of ether oxygens (including phenoxy) is 3. The molecule has 1 heterocycles. The second-order valence-corrected chi connectivity index (χ2v) is 6.47. The SMILES string of the molecule is CCOc1cc(Br)c([C@@H]2NC(=O)N(C)C(C)=C2C(=O)OC)cc1OCC. The molecule has 0 aliphatic carbocycles. The van der Waals surface area contributed by atoms with Gasteiger partial charge in [0.1, 0.15) is 0 Å². The summed E-state index contributed by atoms with van der Waals surface area (Å²) in [5.74, 6) is 0.630. The average molecular weight is 427 g/mol. The number of amides is 2. The van der Waals surface area contributed by atoms with E-state index in [1.54, 1.807) is 26.1 Å². The number of halogens is 1. The Hall–Kier alpha value is -2.22. The molecule has 26 heavy (non-hydrogen) atoms. The van der Waals surface area contributed by atoms with Gasteiger partial charge in [0.15, 0.2) is 11.5 Å². The van der Waals surface area contributed by atoms with Gasteiger partial charge in [-0.05, 0) is 38.5 Å². The smallest absolute Gasteiger partial charge is 0.337 e. The largest absolute Gasteiger partial charge is 0.490 e. The van der Waals surface area contributed by atoms with E-state index in [9.17, 15) is 9.59 Å². The molecule has 0 spiro atoms. The Morgan fingerprint density at radius 2 is 1.81 bits per heavy atom. The number of nitrogens with one attached hydrogen (secondary N) is 1. The first-order chi connectivity index (χ1) is 12.3. The lowest BCUT2D eigenvalue weighted by Crippen LogP contribution is -2.46. The summed E-state index contributed by atoms with van der Waals surface area (Å²) < 4.78 is 16.9. The minimum atomic E-state index is -0.671. The van der Waals surface area contributed by atoms with Gasteiger partial charge in [0, 0.05) is 17.2 Å². The van der Waals surface area contributed by atoms with Crippen molar-refractivity contribution in [2.45, 2.75) is 26.8 Å². The highest BCUT2D eigenvalue weighted by molar-refractivity contribution is 9.10. The van der Waals surface area contributed by atoms with E-state index >= 15 is 0 Å². The molecule has 0 fully saturated rings. The van der Waals surface area contributed by atoms with E-state index in [1.807, 2.05) is 13.8 Å². The number of nitrogens with zero attached hydrogens (tertiary/aromatic N) is 1. The lowest BCUT2D eigenvalue weighted by atomic mass is 9.94. The van der Waals surface area contributed by atoms with Crippen LogP contribution < -0.4 is 14.8 Å². The third kappa shape index (κ3) is 3.80. The van der Waals surface area contributed by atoms with Crippen molar-refractivity contribution in [2.24, 2.45) is 0 Å². The van der Waals surface area contributed by atoms with Gasteiger partial charge in [0.25, 0.3) is 0 Å². The summed E-state index contributed by atoms with van der Waals surface area (Å²) >= 11 is 3.52. The zero-order chi connectivity index (χ0) is 19.4. The van der Waals surface area contributed by atoms with E-state index in [4.69, 9.17) is 14.2 Å². The minimum Gasteiger partial charge on any atom is -0.490 e. The molecule has 0 saturated heterocycles. The van der Waals surface area contributed by atoms with Crippen LogP contribution in [-0.4, -0.2) is 44.3 Å². The Labute approximate surface area is 161 Å². The van der Waals surface area contributed by atoms with Crippen LogP contribution in [0.2, 0.25) is 0 Å². The fourth-order valence-corrected chi connectivity index (χ4v) is 3.30. The molecule has 1 aromatic rings. The molecule has 0 saturated carbocycles. The van der Waals surface area contributed by atoms with Crippen LogP contribution in [0.4, 0.5) is 4.79 Å². The van der Waals surface area contributed by atoms with Crippen LogP contribution in [0.5, 0.6) is 11.5 Å². The summed E-state index contributed by atoms with van der Waals surface area (Å²) in [6.07, 6.45) is 0. The molecule has 1 aromatic carbocycles. The third-order valence-electron chi connectivity index (χ3n) is 4.13. The van der Waals surface area contributed by atoms with E-state index in [1.165, 1.54) is 12.0 Å².